The molecule has 0 saturated heterocycles. The number of rotatable bonds is 6. The molecule has 0 unspecified atom stereocenters. The highest BCUT2D eigenvalue weighted by atomic mass is 16.3. The number of hydrogen-bond donors (Lipinski definition) is 0. The number of oxazole rings is 1. The zero-order valence-corrected chi connectivity index (χ0v) is 30.7. The number of fused-ring (bicyclic) bond motifs is 7. The maximum Gasteiger partial charge on any atom is 0.227 e. The Morgan fingerprint density at radius 2 is 0.807 bits per heavy atom. The highest BCUT2D eigenvalue weighted by molar-refractivity contribution is 6.28. The molecular formula is C52H32N4O. The van der Waals surface area contributed by atoms with Crippen LogP contribution in [-0.2, 0) is 0 Å². The van der Waals surface area contributed by atoms with Gasteiger partial charge in [-0.2, -0.15) is 0 Å². The van der Waals surface area contributed by atoms with Crippen LogP contribution < -0.4 is 0 Å². The van der Waals surface area contributed by atoms with Crippen molar-refractivity contribution in [1.82, 2.24) is 19.9 Å². The molecule has 2 heterocycles. The Hall–Kier alpha value is -7.76. The SMILES string of the molecule is c1ccc(-c2cc(-c3ccccc3)cc(-c3nc(-c4ccccc4)nc(-c4cc5ccc6ccc7nc(-c8ccccc8)oc7c6c5c5ccccc45)n3)c2)cc1. The Bertz CT molecular complexity index is 3210. The van der Waals surface area contributed by atoms with Gasteiger partial charge in [-0.25, -0.2) is 19.9 Å². The molecule has 266 valence electrons. The van der Waals surface area contributed by atoms with Gasteiger partial charge >= 0.3 is 0 Å². The van der Waals surface area contributed by atoms with E-state index in [2.05, 4.69) is 127 Å². The van der Waals surface area contributed by atoms with Crippen LogP contribution in [0.5, 0.6) is 0 Å². The quantitative estimate of drug-likeness (QED) is 0.160. The topological polar surface area (TPSA) is 64.7 Å². The molecule has 0 aliphatic rings. The van der Waals surface area contributed by atoms with Gasteiger partial charge in [0.2, 0.25) is 5.89 Å². The summed E-state index contributed by atoms with van der Waals surface area (Å²) in [5.41, 5.74) is 9.73. The fourth-order valence-corrected chi connectivity index (χ4v) is 7.97. The minimum Gasteiger partial charge on any atom is -0.435 e. The Morgan fingerprint density at radius 1 is 0.316 bits per heavy atom. The molecule has 9 aromatic carbocycles. The molecule has 0 radical (unpaired) electrons. The van der Waals surface area contributed by atoms with E-state index in [-0.39, 0.29) is 0 Å². The van der Waals surface area contributed by atoms with Gasteiger partial charge in [-0.1, -0.05) is 152 Å². The Balaban J connectivity index is 1.17. The summed E-state index contributed by atoms with van der Waals surface area (Å²) in [6.45, 7) is 0. The van der Waals surface area contributed by atoms with Crippen molar-refractivity contribution in [3.8, 4) is 67.9 Å². The van der Waals surface area contributed by atoms with E-state index in [0.29, 0.717) is 23.4 Å². The van der Waals surface area contributed by atoms with Crippen LogP contribution in [0.1, 0.15) is 0 Å². The van der Waals surface area contributed by atoms with Crippen LogP contribution in [0.15, 0.2) is 199 Å². The van der Waals surface area contributed by atoms with Crippen LogP contribution in [0.25, 0.3) is 111 Å². The number of nitrogens with zero attached hydrogens (tertiary/aromatic N) is 4. The molecule has 0 N–H and O–H groups in total. The van der Waals surface area contributed by atoms with Crippen molar-refractivity contribution in [3.63, 3.8) is 0 Å². The van der Waals surface area contributed by atoms with Crippen molar-refractivity contribution in [2.45, 2.75) is 0 Å². The van der Waals surface area contributed by atoms with Crippen LogP contribution >= 0.6 is 0 Å². The molecule has 0 aliphatic carbocycles. The van der Waals surface area contributed by atoms with Crippen LogP contribution in [0, 0.1) is 0 Å². The normalized spacial score (nSPS) is 11.5. The summed E-state index contributed by atoms with van der Waals surface area (Å²) < 4.78 is 6.61. The van der Waals surface area contributed by atoms with Crippen molar-refractivity contribution in [2.75, 3.05) is 0 Å². The average molecular weight is 729 g/mol. The molecule has 11 aromatic rings. The van der Waals surface area contributed by atoms with Crippen molar-refractivity contribution in [2.24, 2.45) is 0 Å². The molecule has 2 aromatic heterocycles. The van der Waals surface area contributed by atoms with E-state index in [1.54, 1.807) is 0 Å². The van der Waals surface area contributed by atoms with Gasteiger partial charge in [0, 0.05) is 33.0 Å². The molecule has 0 spiro atoms. The first-order valence-electron chi connectivity index (χ1n) is 19.0. The van der Waals surface area contributed by atoms with Crippen LogP contribution in [0.2, 0.25) is 0 Å². The number of benzene rings is 9. The molecule has 0 amide bonds. The third-order valence-electron chi connectivity index (χ3n) is 10.7. The summed E-state index contributed by atoms with van der Waals surface area (Å²) >= 11 is 0. The van der Waals surface area contributed by atoms with E-state index in [1.165, 1.54) is 0 Å². The lowest BCUT2D eigenvalue weighted by Crippen LogP contribution is -2.01. The molecular weight excluding hydrogens is 697 g/mol. The molecule has 5 heteroatoms. The van der Waals surface area contributed by atoms with E-state index in [4.69, 9.17) is 24.4 Å². The lowest BCUT2D eigenvalue weighted by Gasteiger charge is -2.15. The van der Waals surface area contributed by atoms with E-state index in [0.717, 1.165) is 87.9 Å². The zero-order valence-electron chi connectivity index (χ0n) is 30.7. The molecule has 0 bridgehead atoms. The van der Waals surface area contributed by atoms with Crippen molar-refractivity contribution in [1.29, 1.82) is 0 Å². The molecule has 11 rings (SSSR count). The predicted molar refractivity (Wildman–Crippen MR) is 233 cm³/mol. The summed E-state index contributed by atoms with van der Waals surface area (Å²) in [7, 11) is 0. The van der Waals surface area contributed by atoms with Crippen molar-refractivity contribution < 1.29 is 4.42 Å². The van der Waals surface area contributed by atoms with Gasteiger partial charge in [0.1, 0.15) is 5.52 Å². The second kappa shape index (κ2) is 13.5. The third kappa shape index (κ3) is 5.81. The van der Waals surface area contributed by atoms with E-state index in [1.807, 2.05) is 66.7 Å². The lowest BCUT2D eigenvalue weighted by atomic mass is 9.92. The van der Waals surface area contributed by atoms with Gasteiger partial charge in [-0.3, -0.25) is 0 Å². The third-order valence-corrected chi connectivity index (χ3v) is 10.7. The predicted octanol–water partition coefficient (Wildman–Crippen LogP) is 13.5. The fraction of sp³-hybridized carbons (Fsp3) is 0. The number of aromatic nitrogens is 4. The molecule has 57 heavy (non-hydrogen) atoms. The summed E-state index contributed by atoms with van der Waals surface area (Å²) in [5.74, 6) is 2.43. The minimum atomic E-state index is 0.604. The average Bonchev–Trinajstić information content (AvgIpc) is 3.74. The molecule has 0 aliphatic heterocycles. The fourth-order valence-electron chi connectivity index (χ4n) is 7.97. The Labute approximate surface area is 328 Å². The van der Waals surface area contributed by atoms with Gasteiger partial charge < -0.3 is 4.42 Å². The highest BCUT2D eigenvalue weighted by Gasteiger charge is 2.20. The largest absolute Gasteiger partial charge is 0.435 e. The molecule has 5 nitrogen and oxygen atoms in total. The van der Waals surface area contributed by atoms with Crippen LogP contribution in [0.3, 0.4) is 0 Å². The summed E-state index contributed by atoms with van der Waals surface area (Å²) in [4.78, 5) is 20.6. The van der Waals surface area contributed by atoms with Crippen LogP contribution in [-0.4, -0.2) is 19.9 Å². The summed E-state index contributed by atoms with van der Waals surface area (Å²) in [6.07, 6.45) is 0. The van der Waals surface area contributed by atoms with Gasteiger partial charge in [0.05, 0.1) is 0 Å². The van der Waals surface area contributed by atoms with E-state index in [9.17, 15) is 0 Å². The van der Waals surface area contributed by atoms with Crippen LogP contribution in [0.4, 0.5) is 0 Å². The zero-order chi connectivity index (χ0) is 37.7. The molecule has 0 atom stereocenters. The lowest BCUT2D eigenvalue weighted by molar-refractivity contribution is 0.623. The Morgan fingerprint density at radius 3 is 1.46 bits per heavy atom. The maximum absolute atomic E-state index is 6.61. The minimum absolute atomic E-state index is 0.604. The monoisotopic (exact) mass is 728 g/mol. The van der Waals surface area contributed by atoms with Gasteiger partial charge in [-0.15, -0.1) is 0 Å². The number of hydrogen-bond acceptors (Lipinski definition) is 5. The second-order valence-electron chi connectivity index (χ2n) is 14.2. The summed E-state index contributed by atoms with van der Waals surface area (Å²) in [5, 5.41) is 6.41. The second-order valence-corrected chi connectivity index (χ2v) is 14.2. The first-order chi connectivity index (χ1) is 28.2. The molecule has 0 fully saturated rings. The first-order valence-corrected chi connectivity index (χ1v) is 19.0. The highest BCUT2D eigenvalue weighted by Crippen LogP contribution is 2.42. The van der Waals surface area contributed by atoms with E-state index < -0.39 is 0 Å². The maximum atomic E-state index is 6.61. The Kier molecular flexibility index (Phi) is 7.74. The van der Waals surface area contributed by atoms with Crippen molar-refractivity contribution in [3.05, 3.63) is 194 Å². The van der Waals surface area contributed by atoms with Crippen molar-refractivity contribution >= 4 is 43.4 Å². The van der Waals surface area contributed by atoms with Gasteiger partial charge in [0.25, 0.3) is 0 Å². The standard InChI is InChI=1S/C52H32N4O/c1-5-15-33(16-6-1)39-29-40(34-17-7-2-8-18-34)31-41(30-39)50-54-49(36-19-9-3-10-20-36)55-51(56-50)44-32-38-26-25-35-27-28-45-48(57-52(53-45)37-21-11-4-12-22-37)47(35)46(38)43-24-14-13-23-42(43)44/h1-32H. The van der Waals surface area contributed by atoms with Gasteiger partial charge in [0.15, 0.2) is 23.1 Å². The first kappa shape index (κ1) is 32.7. The van der Waals surface area contributed by atoms with E-state index >= 15 is 0 Å². The summed E-state index contributed by atoms with van der Waals surface area (Å²) in [6, 6.07) is 67.0. The smallest absolute Gasteiger partial charge is 0.227 e. The molecule has 0 saturated carbocycles. The van der Waals surface area contributed by atoms with Gasteiger partial charge in [-0.05, 0) is 86.3 Å².